The van der Waals surface area contributed by atoms with Crippen molar-refractivity contribution in [3.05, 3.63) is 29.3 Å². The molecule has 2 atom stereocenters. The van der Waals surface area contributed by atoms with Gasteiger partial charge < -0.3 is 20.1 Å². The SMILES string of the molecule is CCC(O)c1ccc(OCC(O)CO)c(C)c1. The highest BCUT2D eigenvalue weighted by atomic mass is 16.5. The van der Waals surface area contributed by atoms with Crippen molar-refractivity contribution in [3.8, 4) is 5.75 Å². The van der Waals surface area contributed by atoms with Crippen molar-refractivity contribution in [3.63, 3.8) is 0 Å². The smallest absolute Gasteiger partial charge is 0.122 e. The van der Waals surface area contributed by atoms with E-state index >= 15 is 0 Å². The second-order valence-corrected chi connectivity index (χ2v) is 4.10. The van der Waals surface area contributed by atoms with Gasteiger partial charge in [0.25, 0.3) is 0 Å². The van der Waals surface area contributed by atoms with Crippen LogP contribution >= 0.6 is 0 Å². The van der Waals surface area contributed by atoms with Gasteiger partial charge in [-0.15, -0.1) is 0 Å². The Labute approximate surface area is 101 Å². The molecule has 0 radical (unpaired) electrons. The maximum atomic E-state index is 9.69. The Balaban J connectivity index is 2.69. The second kappa shape index (κ2) is 6.59. The van der Waals surface area contributed by atoms with Crippen LogP contribution in [0.3, 0.4) is 0 Å². The first-order valence-corrected chi connectivity index (χ1v) is 5.78. The number of rotatable bonds is 6. The molecule has 17 heavy (non-hydrogen) atoms. The van der Waals surface area contributed by atoms with E-state index in [0.29, 0.717) is 12.2 Å². The lowest BCUT2D eigenvalue weighted by atomic mass is 10.0. The third-order valence-corrected chi connectivity index (χ3v) is 2.61. The first kappa shape index (κ1) is 14.0. The van der Waals surface area contributed by atoms with Gasteiger partial charge in [0.05, 0.1) is 12.7 Å². The molecular formula is C13H20O4. The molecule has 2 unspecified atom stereocenters. The lowest BCUT2D eigenvalue weighted by Gasteiger charge is -2.14. The van der Waals surface area contributed by atoms with Crippen LogP contribution in [-0.2, 0) is 0 Å². The van der Waals surface area contributed by atoms with Crippen LogP contribution < -0.4 is 4.74 Å². The quantitative estimate of drug-likeness (QED) is 0.698. The summed E-state index contributed by atoms with van der Waals surface area (Å²) in [5, 5.41) is 27.5. The number of ether oxygens (including phenoxy) is 1. The number of hydrogen-bond donors (Lipinski definition) is 3. The van der Waals surface area contributed by atoms with E-state index in [1.54, 1.807) is 6.07 Å². The Bertz CT molecular complexity index is 351. The fraction of sp³-hybridized carbons (Fsp3) is 0.538. The molecule has 1 rings (SSSR count). The van der Waals surface area contributed by atoms with Crippen molar-refractivity contribution < 1.29 is 20.1 Å². The van der Waals surface area contributed by atoms with Crippen molar-refractivity contribution in [2.45, 2.75) is 32.5 Å². The predicted octanol–water partition coefficient (Wildman–Crippen LogP) is 1.17. The lowest BCUT2D eigenvalue weighted by Crippen LogP contribution is -2.21. The van der Waals surface area contributed by atoms with Crippen molar-refractivity contribution in [2.24, 2.45) is 0 Å². The topological polar surface area (TPSA) is 69.9 Å². The van der Waals surface area contributed by atoms with Gasteiger partial charge in [-0.25, -0.2) is 0 Å². The summed E-state index contributed by atoms with van der Waals surface area (Å²) in [6, 6.07) is 5.45. The van der Waals surface area contributed by atoms with Crippen molar-refractivity contribution in [2.75, 3.05) is 13.2 Å². The molecule has 96 valence electrons. The minimum atomic E-state index is -0.865. The molecule has 0 aliphatic carbocycles. The van der Waals surface area contributed by atoms with Crippen LogP contribution in [0.2, 0.25) is 0 Å². The summed E-state index contributed by atoms with van der Waals surface area (Å²) < 4.78 is 5.37. The number of benzene rings is 1. The molecule has 0 fully saturated rings. The minimum absolute atomic E-state index is 0.0625. The molecule has 0 aliphatic rings. The highest BCUT2D eigenvalue weighted by Crippen LogP contribution is 2.24. The summed E-state index contributed by atoms with van der Waals surface area (Å²) >= 11 is 0. The van der Waals surface area contributed by atoms with Gasteiger partial charge in [0, 0.05) is 0 Å². The third-order valence-electron chi connectivity index (χ3n) is 2.61. The molecule has 4 nitrogen and oxygen atoms in total. The minimum Gasteiger partial charge on any atom is -0.491 e. The van der Waals surface area contributed by atoms with Gasteiger partial charge in [0.15, 0.2) is 0 Å². The van der Waals surface area contributed by atoms with Gasteiger partial charge in [0.2, 0.25) is 0 Å². The van der Waals surface area contributed by atoms with Gasteiger partial charge in [0.1, 0.15) is 18.5 Å². The van der Waals surface area contributed by atoms with E-state index in [2.05, 4.69) is 0 Å². The molecule has 0 heterocycles. The van der Waals surface area contributed by atoms with Crippen LogP contribution in [0.15, 0.2) is 18.2 Å². The molecule has 0 amide bonds. The molecule has 3 N–H and O–H groups in total. The summed E-state index contributed by atoms with van der Waals surface area (Å²) in [4.78, 5) is 0. The van der Waals surface area contributed by atoms with E-state index < -0.39 is 12.2 Å². The van der Waals surface area contributed by atoms with Crippen LogP contribution in [0.5, 0.6) is 5.75 Å². The largest absolute Gasteiger partial charge is 0.491 e. The normalized spacial score (nSPS) is 14.4. The van der Waals surface area contributed by atoms with Crippen LogP contribution in [0.25, 0.3) is 0 Å². The molecule has 1 aromatic carbocycles. The van der Waals surface area contributed by atoms with Crippen LogP contribution in [0.4, 0.5) is 0 Å². The number of aryl methyl sites for hydroxylation is 1. The lowest BCUT2D eigenvalue weighted by molar-refractivity contribution is 0.0533. The van der Waals surface area contributed by atoms with Gasteiger partial charge in [-0.3, -0.25) is 0 Å². The Morgan fingerprint density at radius 3 is 2.53 bits per heavy atom. The number of hydrogen-bond acceptors (Lipinski definition) is 4. The van der Waals surface area contributed by atoms with Gasteiger partial charge in [-0.1, -0.05) is 13.0 Å². The molecule has 0 saturated heterocycles. The fourth-order valence-electron chi connectivity index (χ4n) is 1.52. The van der Waals surface area contributed by atoms with Crippen LogP contribution in [0.1, 0.15) is 30.6 Å². The van der Waals surface area contributed by atoms with E-state index in [0.717, 1.165) is 11.1 Å². The zero-order valence-electron chi connectivity index (χ0n) is 10.3. The zero-order chi connectivity index (χ0) is 12.8. The Hall–Kier alpha value is -1.10. The van der Waals surface area contributed by atoms with Crippen LogP contribution in [0, 0.1) is 6.92 Å². The molecule has 0 bridgehead atoms. The zero-order valence-corrected chi connectivity index (χ0v) is 10.3. The molecule has 4 heteroatoms. The molecular weight excluding hydrogens is 220 g/mol. The summed E-state index contributed by atoms with van der Waals surface area (Å²) in [7, 11) is 0. The maximum Gasteiger partial charge on any atom is 0.122 e. The summed E-state index contributed by atoms with van der Waals surface area (Å²) in [5.74, 6) is 0.657. The fourth-order valence-corrected chi connectivity index (χ4v) is 1.52. The average Bonchev–Trinajstić information content (AvgIpc) is 2.35. The standard InChI is InChI=1S/C13H20O4/c1-3-12(16)10-4-5-13(9(2)6-10)17-8-11(15)7-14/h4-6,11-12,14-16H,3,7-8H2,1-2H3. The van der Waals surface area contributed by atoms with Gasteiger partial charge in [-0.05, 0) is 36.6 Å². The summed E-state index contributed by atoms with van der Waals surface area (Å²) in [6.45, 7) is 3.55. The maximum absolute atomic E-state index is 9.69. The van der Waals surface area contributed by atoms with E-state index in [1.165, 1.54) is 0 Å². The first-order valence-electron chi connectivity index (χ1n) is 5.78. The van der Waals surface area contributed by atoms with Crippen molar-refractivity contribution in [1.29, 1.82) is 0 Å². The Morgan fingerprint density at radius 2 is 2.00 bits per heavy atom. The van der Waals surface area contributed by atoms with Crippen molar-refractivity contribution >= 4 is 0 Å². The molecule has 0 spiro atoms. The van der Waals surface area contributed by atoms with E-state index in [1.807, 2.05) is 26.0 Å². The van der Waals surface area contributed by atoms with Crippen molar-refractivity contribution in [1.82, 2.24) is 0 Å². The molecule has 0 aromatic heterocycles. The molecule has 0 saturated carbocycles. The number of aliphatic hydroxyl groups is 3. The van der Waals surface area contributed by atoms with Gasteiger partial charge in [-0.2, -0.15) is 0 Å². The Morgan fingerprint density at radius 1 is 1.29 bits per heavy atom. The highest BCUT2D eigenvalue weighted by molar-refractivity contribution is 5.37. The predicted molar refractivity (Wildman–Crippen MR) is 65.0 cm³/mol. The molecule has 1 aromatic rings. The van der Waals surface area contributed by atoms with E-state index in [4.69, 9.17) is 9.84 Å². The number of aliphatic hydroxyl groups excluding tert-OH is 3. The Kier molecular flexibility index (Phi) is 5.41. The summed E-state index contributed by atoms with van der Waals surface area (Å²) in [5.41, 5.74) is 1.76. The third kappa shape index (κ3) is 4.00. The molecule has 0 aliphatic heterocycles. The first-order chi connectivity index (χ1) is 8.08. The van der Waals surface area contributed by atoms with Crippen LogP contribution in [-0.4, -0.2) is 34.6 Å². The van der Waals surface area contributed by atoms with E-state index in [9.17, 15) is 10.2 Å². The summed E-state index contributed by atoms with van der Waals surface area (Å²) in [6.07, 6.45) is -0.649. The average molecular weight is 240 g/mol. The monoisotopic (exact) mass is 240 g/mol. The highest BCUT2D eigenvalue weighted by Gasteiger charge is 2.09. The van der Waals surface area contributed by atoms with Gasteiger partial charge >= 0.3 is 0 Å². The second-order valence-electron chi connectivity index (χ2n) is 4.10. The van der Waals surface area contributed by atoms with E-state index in [-0.39, 0.29) is 13.2 Å².